The molecule has 0 atom stereocenters. The van der Waals surface area contributed by atoms with Gasteiger partial charge in [-0.1, -0.05) is 115 Å². The number of benzene rings is 6. The first kappa shape index (κ1) is 24.6. The third-order valence-corrected chi connectivity index (χ3v) is 8.40. The molecule has 0 saturated heterocycles. The fraction of sp³-hybridized carbons (Fsp3) is 0. The number of para-hydroxylation sites is 3. The highest BCUT2D eigenvalue weighted by atomic mass is 16.3. The van der Waals surface area contributed by atoms with Crippen LogP contribution in [0.5, 0.6) is 0 Å². The van der Waals surface area contributed by atoms with Crippen molar-refractivity contribution in [2.45, 2.75) is 0 Å². The minimum atomic E-state index is 0.679. The average Bonchev–Trinajstić information content (AvgIpc) is 3.65. The minimum absolute atomic E-state index is 0.679. The summed E-state index contributed by atoms with van der Waals surface area (Å²) in [6.07, 6.45) is 0. The van der Waals surface area contributed by atoms with E-state index in [1.807, 2.05) is 48.5 Å². The molecule has 0 saturated carbocycles. The van der Waals surface area contributed by atoms with E-state index in [1.165, 1.54) is 5.39 Å². The standard InChI is InChI=1S/C40H25N3O/c1-4-14-26(15-5-1)33-25-34(42-40(41-33)27-16-6-2-7-17-27)32-24-31-29-20-10-12-22-35(29)43(28-18-8-3-9-19-28)38(31)37-30-21-11-13-23-36(30)44-39(32)37/h1-25H. The van der Waals surface area contributed by atoms with Crippen LogP contribution in [-0.4, -0.2) is 14.5 Å². The van der Waals surface area contributed by atoms with E-state index in [0.29, 0.717) is 5.82 Å². The summed E-state index contributed by atoms with van der Waals surface area (Å²) < 4.78 is 9.11. The fourth-order valence-corrected chi connectivity index (χ4v) is 6.43. The Balaban J connectivity index is 1.45. The van der Waals surface area contributed by atoms with Crippen LogP contribution in [-0.2, 0) is 0 Å². The van der Waals surface area contributed by atoms with Crippen molar-refractivity contribution in [3.63, 3.8) is 0 Å². The lowest BCUT2D eigenvalue weighted by molar-refractivity contribution is 0.670. The Bertz CT molecular complexity index is 2420. The van der Waals surface area contributed by atoms with E-state index >= 15 is 0 Å². The number of hydrogen-bond donors (Lipinski definition) is 0. The van der Waals surface area contributed by atoms with Crippen LogP contribution in [0.25, 0.3) is 83.3 Å². The van der Waals surface area contributed by atoms with Gasteiger partial charge in [-0.2, -0.15) is 0 Å². The molecule has 9 rings (SSSR count). The third kappa shape index (κ3) is 3.78. The van der Waals surface area contributed by atoms with E-state index < -0.39 is 0 Å². The van der Waals surface area contributed by atoms with Crippen LogP contribution in [0.2, 0.25) is 0 Å². The topological polar surface area (TPSA) is 43.9 Å². The summed E-state index contributed by atoms with van der Waals surface area (Å²) in [6, 6.07) is 52.3. The normalized spacial score (nSPS) is 11.6. The summed E-state index contributed by atoms with van der Waals surface area (Å²) in [6.45, 7) is 0. The maximum Gasteiger partial charge on any atom is 0.160 e. The number of nitrogens with zero attached hydrogens (tertiary/aromatic N) is 3. The SMILES string of the molecule is c1ccc(-c2cc(-c3cc4c5ccccc5n(-c5ccccc5)c4c4c3oc3ccccc34)nc(-c3ccccc3)n2)cc1. The molecule has 4 nitrogen and oxygen atoms in total. The second-order valence-electron chi connectivity index (χ2n) is 11.0. The van der Waals surface area contributed by atoms with Crippen LogP contribution in [0.1, 0.15) is 0 Å². The van der Waals surface area contributed by atoms with E-state index in [0.717, 1.165) is 72.1 Å². The van der Waals surface area contributed by atoms with Gasteiger partial charge < -0.3 is 8.98 Å². The Morgan fingerprint density at radius 1 is 0.500 bits per heavy atom. The summed E-state index contributed by atoms with van der Waals surface area (Å²) >= 11 is 0. The van der Waals surface area contributed by atoms with Crippen LogP contribution in [0.3, 0.4) is 0 Å². The van der Waals surface area contributed by atoms with Gasteiger partial charge in [-0.25, -0.2) is 9.97 Å². The Hall–Kier alpha value is -6.00. The molecule has 0 fully saturated rings. The van der Waals surface area contributed by atoms with Crippen molar-refractivity contribution in [1.29, 1.82) is 0 Å². The largest absolute Gasteiger partial charge is 0.455 e. The third-order valence-electron chi connectivity index (χ3n) is 8.40. The second kappa shape index (κ2) is 9.79. The summed E-state index contributed by atoms with van der Waals surface area (Å²) in [5.41, 5.74) is 9.68. The van der Waals surface area contributed by atoms with Crippen molar-refractivity contribution in [2.24, 2.45) is 0 Å². The molecule has 0 bridgehead atoms. The van der Waals surface area contributed by atoms with Gasteiger partial charge in [-0.3, -0.25) is 0 Å². The van der Waals surface area contributed by atoms with Gasteiger partial charge in [0.15, 0.2) is 5.82 Å². The Kier molecular flexibility index (Phi) is 5.47. The molecule has 4 heteroatoms. The Morgan fingerprint density at radius 2 is 1.11 bits per heavy atom. The molecule has 0 aliphatic rings. The number of hydrogen-bond acceptors (Lipinski definition) is 3. The molecule has 0 aliphatic heterocycles. The van der Waals surface area contributed by atoms with Crippen LogP contribution >= 0.6 is 0 Å². The van der Waals surface area contributed by atoms with Crippen molar-refractivity contribution in [2.75, 3.05) is 0 Å². The fourth-order valence-electron chi connectivity index (χ4n) is 6.43. The highest BCUT2D eigenvalue weighted by molar-refractivity contribution is 6.27. The average molecular weight is 564 g/mol. The van der Waals surface area contributed by atoms with Crippen LogP contribution < -0.4 is 0 Å². The zero-order valence-electron chi connectivity index (χ0n) is 23.7. The Morgan fingerprint density at radius 3 is 1.89 bits per heavy atom. The minimum Gasteiger partial charge on any atom is -0.455 e. The van der Waals surface area contributed by atoms with Gasteiger partial charge in [0.2, 0.25) is 0 Å². The van der Waals surface area contributed by atoms with Crippen molar-refractivity contribution in [3.8, 4) is 39.6 Å². The van der Waals surface area contributed by atoms with E-state index in [4.69, 9.17) is 14.4 Å². The molecular weight excluding hydrogens is 538 g/mol. The highest BCUT2D eigenvalue weighted by Crippen LogP contribution is 2.45. The van der Waals surface area contributed by atoms with Crippen molar-refractivity contribution in [3.05, 3.63) is 152 Å². The Labute approximate surface area is 253 Å². The van der Waals surface area contributed by atoms with Gasteiger partial charge in [0, 0.05) is 38.5 Å². The van der Waals surface area contributed by atoms with Crippen molar-refractivity contribution < 1.29 is 4.42 Å². The summed E-state index contributed by atoms with van der Waals surface area (Å²) in [5.74, 6) is 0.679. The molecule has 0 aliphatic carbocycles. The molecule has 3 heterocycles. The van der Waals surface area contributed by atoms with E-state index in [2.05, 4.69) is 108 Å². The molecular formula is C40H25N3O. The maximum atomic E-state index is 6.75. The predicted molar refractivity (Wildman–Crippen MR) is 180 cm³/mol. The smallest absolute Gasteiger partial charge is 0.160 e. The van der Waals surface area contributed by atoms with Gasteiger partial charge in [0.1, 0.15) is 11.2 Å². The van der Waals surface area contributed by atoms with Gasteiger partial charge in [-0.15, -0.1) is 0 Å². The highest BCUT2D eigenvalue weighted by Gasteiger charge is 2.23. The first-order valence-corrected chi connectivity index (χ1v) is 14.8. The van der Waals surface area contributed by atoms with Gasteiger partial charge in [0.25, 0.3) is 0 Å². The predicted octanol–water partition coefficient (Wildman–Crippen LogP) is 10.5. The molecule has 0 radical (unpaired) electrons. The molecule has 6 aromatic carbocycles. The lowest BCUT2D eigenvalue weighted by Gasteiger charge is -2.12. The molecule has 3 aromatic heterocycles. The van der Waals surface area contributed by atoms with Gasteiger partial charge in [-0.05, 0) is 36.4 Å². The number of rotatable bonds is 4. The molecule has 206 valence electrons. The molecule has 0 unspecified atom stereocenters. The molecule has 0 amide bonds. The second-order valence-corrected chi connectivity index (χ2v) is 11.0. The van der Waals surface area contributed by atoms with E-state index in [9.17, 15) is 0 Å². The quantitative estimate of drug-likeness (QED) is 0.214. The number of aromatic nitrogens is 3. The number of furan rings is 1. The summed E-state index contributed by atoms with van der Waals surface area (Å²) in [5, 5.41) is 4.49. The molecule has 9 aromatic rings. The summed E-state index contributed by atoms with van der Waals surface area (Å²) in [7, 11) is 0. The van der Waals surface area contributed by atoms with Crippen molar-refractivity contribution >= 4 is 43.7 Å². The zero-order chi connectivity index (χ0) is 29.0. The first-order chi connectivity index (χ1) is 21.8. The zero-order valence-corrected chi connectivity index (χ0v) is 23.7. The van der Waals surface area contributed by atoms with Crippen LogP contribution in [0.15, 0.2) is 156 Å². The lowest BCUT2D eigenvalue weighted by atomic mass is 10.00. The van der Waals surface area contributed by atoms with E-state index in [-0.39, 0.29) is 0 Å². The molecule has 44 heavy (non-hydrogen) atoms. The van der Waals surface area contributed by atoms with Crippen molar-refractivity contribution in [1.82, 2.24) is 14.5 Å². The first-order valence-electron chi connectivity index (χ1n) is 14.8. The van der Waals surface area contributed by atoms with Gasteiger partial charge in [0.05, 0.1) is 27.8 Å². The monoisotopic (exact) mass is 563 g/mol. The van der Waals surface area contributed by atoms with Gasteiger partial charge >= 0.3 is 0 Å². The maximum absolute atomic E-state index is 6.75. The molecule has 0 spiro atoms. The van der Waals surface area contributed by atoms with Crippen LogP contribution in [0, 0.1) is 0 Å². The molecule has 0 N–H and O–H groups in total. The van der Waals surface area contributed by atoms with Crippen LogP contribution in [0.4, 0.5) is 0 Å². The number of fused-ring (bicyclic) bond motifs is 7. The summed E-state index contributed by atoms with van der Waals surface area (Å²) in [4.78, 5) is 10.2. The van der Waals surface area contributed by atoms with E-state index in [1.54, 1.807) is 0 Å². The lowest BCUT2D eigenvalue weighted by Crippen LogP contribution is -1.97.